The number of piperidine rings is 1. The van der Waals surface area contributed by atoms with E-state index >= 15 is 0 Å². The summed E-state index contributed by atoms with van der Waals surface area (Å²) < 4.78 is 38.3. The molecule has 1 aliphatic heterocycles. The molecule has 1 amide bonds. The number of aromatic nitrogens is 2. The van der Waals surface area contributed by atoms with E-state index in [2.05, 4.69) is 15.5 Å². The molecule has 0 bridgehead atoms. The second-order valence-corrected chi connectivity index (χ2v) is 10.8. The molecular weight excluding hydrogens is 452 g/mol. The van der Waals surface area contributed by atoms with Gasteiger partial charge in [0.1, 0.15) is 9.96 Å². The highest BCUT2D eigenvalue weighted by Gasteiger charge is 2.34. The van der Waals surface area contributed by atoms with E-state index < -0.39 is 15.9 Å². The molecule has 1 atom stereocenters. The maximum absolute atomic E-state index is 13.2. The first-order valence-corrected chi connectivity index (χ1v) is 12.4. The highest BCUT2D eigenvalue weighted by Crippen LogP contribution is 2.32. The molecule has 3 heterocycles. The standard InChI is InChI=1S/C21H24N4O5S2/c1-13-6-7-18(29-3)17(9-13)23-21(26)15-5-4-8-25(11-15)32(27,28)19-10-16(12-31-19)20-22-14(2)30-24-20/h6-7,9-10,12,15H,4-5,8,11H2,1-3H3,(H,23,26). The molecule has 1 fully saturated rings. The number of hydrogen-bond acceptors (Lipinski definition) is 8. The molecule has 0 spiro atoms. The molecule has 9 nitrogen and oxygen atoms in total. The molecule has 0 aliphatic carbocycles. The molecule has 1 N–H and O–H groups in total. The van der Waals surface area contributed by atoms with Crippen LogP contribution < -0.4 is 10.1 Å². The lowest BCUT2D eigenvalue weighted by atomic mass is 9.98. The smallest absolute Gasteiger partial charge is 0.252 e. The predicted octanol–water partition coefficient (Wildman–Crippen LogP) is 3.46. The highest BCUT2D eigenvalue weighted by molar-refractivity contribution is 7.91. The summed E-state index contributed by atoms with van der Waals surface area (Å²) in [6, 6.07) is 7.07. The Morgan fingerprint density at radius 3 is 2.84 bits per heavy atom. The molecule has 1 aromatic carbocycles. The Balaban J connectivity index is 1.49. The van der Waals surface area contributed by atoms with Gasteiger partial charge in [0, 0.05) is 31.0 Å². The van der Waals surface area contributed by atoms with Gasteiger partial charge in [-0.05, 0) is 43.5 Å². The quantitative estimate of drug-likeness (QED) is 0.579. The number of sulfonamides is 1. The first-order chi connectivity index (χ1) is 15.3. The van der Waals surface area contributed by atoms with Crippen molar-refractivity contribution in [3.63, 3.8) is 0 Å². The number of aryl methyl sites for hydroxylation is 2. The summed E-state index contributed by atoms with van der Waals surface area (Å²) in [4.78, 5) is 17.1. The summed E-state index contributed by atoms with van der Waals surface area (Å²) in [6.07, 6.45) is 1.22. The second-order valence-electron chi connectivity index (χ2n) is 7.69. The molecule has 3 aromatic rings. The average Bonchev–Trinajstić information content (AvgIpc) is 3.43. The van der Waals surface area contributed by atoms with Crippen LogP contribution in [0, 0.1) is 19.8 Å². The SMILES string of the molecule is COc1ccc(C)cc1NC(=O)C1CCCN(S(=O)(=O)c2cc(-c3noc(C)n3)cs2)C1. The van der Waals surface area contributed by atoms with E-state index in [9.17, 15) is 13.2 Å². The molecule has 1 aliphatic rings. The van der Waals surface area contributed by atoms with Crippen LogP contribution in [0.15, 0.2) is 38.4 Å². The second kappa shape index (κ2) is 9.00. The summed E-state index contributed by atoms with van der Waals surface area (Å²) >= 11 is 1.10. The van der Waals surface area contributed by atoms with Crippen LogP contribution in [0.3, 0.4) is 0 Å². The fraction of sp³-hybridized carbons (Fsp3) is 0.381. The average molecular weight is 477 g/mol. The fourth-order valence-electron chi connectivity index (χ4n) is 3.64. The van der Waals surface area contributed by atoms with Crippen LogP contribution >= 0.6 is 11.3 Å². The van der Waals surface area contributed by atoms with Crippen molar-refractivity contribution in [2.75, 3.05) is 25.5 Å². The van der Waals surface area contributed by atoms with Gasteiger partial charge in [0.2, 0.25) is 17.6 Å². The number of anilines is 1. The van der Waals surface area contributed by atoms with Gasteiger partial charge in [0.05, 0.1) is 18.7 Å². The number of nitrogens with zero attached hydrogens (tertiary/aromatic N) is 3. The van der Waals surface area contributed by atoms with Crippen LogP contribution in [-0.2, 0) is 14.8 Å². The maximum atomic E-state index is 13.2. The minimum Gasteiger partial charge on any atom is -0.495 e. The predicted molar refractivity (Wildman–Crippen MR) is 120 cm³/mol. The normalized spacial score (nSPS) is 17.3. The number of nitrogens with one attached hydrogen (secondary N) is 1. The molecule has 1 unspecified atom stereocenters. The van der Waals surface area contributed by atoms with Crippen molar-refractivity contribution in [3.8, 4) is 17.1 Å². The van der Waals surface area contributed by atoms with Crippen molar-refractivity contribution in [2.45, 2.75) is 30.9 Å². The molecule has 11 heteroatoms. The van der Waals surface area contributed by atoms with Gasteiger partial charge in [-0.1, -0.05) is 11.2 Å². The summed E-state index contributed by atoms with van der Waals surface area (Å²) in [5.74, 6) is 0.645. The topological polar surface area (TPSA) is 115 Å². The van der Waals surface area contributed by atoms with Crippen LogP contribution in [0.1, 0.15) is 24.3 Å². The van der Waals surface area contributed by atoms with E-state index in [4.69, 9.17) is 9.26 Å². The Hall–Kier alpha value is -2.76. The van der Waals surface area contributed by atoms with Gasteiger partial charge < -0.3 is 14.6 Å². The first-order valence-electron chi connectivity index (χ1n) is 10.1. The minimum absolute atomic E-state index is 0.122. The van der Waals surface area contributed by atoms with Crippen LogP contribution in [0.25, 0.3) is 11.4 Å². The third-order valence-corrected chi connectivity index (χ3v) is 8.60. The van der Waals surface area contributed by atoms with Gasteiger partial charge >= 0.3 is 0 Å². The van der Waals surface area contributed by atoms with Gasteiger partial charge in [0.25, 0.3) is 10.0 Å². The largest absolute Gasteiger partial charge is 0.495 e. The lowest BCUT2D eigenvalue weighted by Gasteiger charge is -2.31. The van der Waals surface area contributed by atoms with Crippen molar-refractivity contribution in [2.24, 2.45) is 5.92 Å². The van der Waals surface area contributed by atoms with Crippen molar-refractivity contribution < 1.29 is 22.5 Å². The first kappa shape index (κ1) is 22.4. The van der Waals surface area contributed by atoms with Crippen LogP contribution in [0.2, 0.25) is 0 Å². The van der Waals surface area contributed by atoms with Crippen molar-refractivity contribution in [3.05, 3.63) is 41.1 Å². The summed E-state index contributed by atoms with van der Waals surface area (Å²) in [7, 11) is -2.20. The van der Waals surface area contributed by atoms with E-state index in [1.165, 1.54) is 4.31 Å². The number of benzene rings is 1. The Labute approximate surface area is 190 Å². The number of ether oxygens (including phenoxy) is 1. The zero-order valence-corrected chi connectivity index (χ0v) is 19.6. The summed E-state index contributed by atoms with van der Waals surface area (Å²) in [5, 5.41) is 8.43. The van der Waals surface area contributed by atoms with Crippen LogP contribution in [0.4, 0.5) is 5.69 Å². The van der Waals surface area contributed by atoms with Gasteiger partial charge in [-0.25, -0.2) is 8.42 Å². The molecule has 1 saturated heterocycles. The summed E-state index contributed by atoms with van der Waals surface area (Å²) in [6.45, 7) is 4.09. The zero-order valence-electron chi connectivity index (χ0n) is 18.0. The Bertz CT molecular complexity index is 1230. The molecule has 32 heavy (non-hydrogen) atoms. The highest BCUT2D eigenvalue weighted by atomic mass is 32.2. The van der Waals surface area contributed by atoms with Gasteiger partial charge in [-0.3, -0.25) is 4.79 Å². The minimum atomic E-state index is -3.74. The Morgan fingerprint density at radius 1 is 1.31 bits per heavy atom. The fourth-order valence-corrected chi connectivity index (χ4v) is 6.48. The number of thiophene rings is 1. The lowest BCUT2D eigenvalue weighted by molar-refractivity contribution is -0.120. The number of amides is 1. The van der Waals surface area contributed by atoms with Gasteiger partial charge in [0.15, 0.2) is 0 Å². The number of methoxy groups -OCH3 is 1. The molecule has 0 saturated carbocycles. The third kappa shape index (κ3) is 4.54. The number of hydrogen-bond donors (Lipinski definition) is 1. The molecule has 2 aromatic heterocycles. The van der Waals surface area contributed by atoms with E-state index in [1.807, 2.05) is 19.1 Å². The third-order valence-electron chi connectivity index (χ3n) is 5.32. The number of carbonyl (C=O) groups excluding carboxylic acids is 1. The van der Waals surface area contributed by atoms with Gasteiger partial charge in [-0.15, -0.1) is 11.3 Å². The van der Waals surface area contributed by atoms with E-state index in [1.54, 1.807) is 31.5 Å². The molecular formula is C21H24N4O5S2. The summed E-state index contributed by atoms with van der Waals surface area (Å²) in [5.41, 5.74) is 2.15. The zero-order chi connectivity index (χ0) is 22.9. The van der Waals surface area contributed by atoms with Crippen LogP contribution in [-0.4, -0.2) is 49.0 Å². The van der Waals surface area contributed by atoms with E-state index in [-0.39, 0.29) is 16.7 Å². The molecule has 4 rings (SSSR count). The van der Waals surface area contributed by atoms with Crippen LogP contribution in [0.5, 0.6) is 5.75 Å². The number of carbonyl (C=O) groups is 1. The van der Waals surface area contributed by atoms with Crippen molar-refractivity contribution in [1.82, 2.24) is 14.4 Å². The lowest BCUT2D eigenvalue weighted by Crippen LogP contribution is -2.43. The van der Waals surface area contributed by atoms with E-state index in [0.29, 0.717) is 48.1 Å². The maximum Gasteiger partial charge on any atom is 0.252 e. The van der Waals surface area contributed by atoms with E-state index in [0.717, 1.165) is 16.9 Å². The van der Waals surface area contributed by atoms with Gasteiger partial charge in [-0.2, -0.15) is 9.29 Å². The van der Waals surface area contributed by atoms with Crippen molar-refractivity contribution >= 4 is 33.0 Å². The number of rotatable bonds is 6. The van der Waals surface area contributed by atoms with Crippen molar-refractivity contribution in [1.29, 1.82) is 0 Å². The monoisotopic (exact) mass is 476 g/mol. The Morgan fingerprint density at radius 2 is 2.12 bits per heavy atom. The molecule has 0 radical (unpaired) electrons. The Kier molecular flexibility index (Phi) is 6.31. The molecule has 170 valence electrons.